The molecule has 0 spiro atoms. The van der Waals surface area contributed by atoms with Crippen LogP contribution in [0.25, 0.3) is 10.8 Å². The first-order chi connectivity index (χ1) is 11.3. The lowest BCUT2D eigenvalue weighted by atomic mass is 9.80. The number of esters is 1. The summed E-state index contributed by atoms with van der Waals surface area (Å²) in [5, 5.41) is 2.57. The summed E-state index contributed by atoms with van der Waals surface area (Å²) in [5.41, 5.74) is 1.34. The molecule has 0 aliphatic heterocycles. The van der Waals surface area contributed by atoms with E-state index in [1.165, 1.54) is 22.8 Å². The molecule has 0 heterocycles. The zero-order valence-electron chi connectivity index (χ0n) is 14.0. The summed E-state index contributed by atoms with van der Waals surface area (Å²) in [4.78, 5) is 12.1. The summed E-state index contributed by atoms with van der Waals surface area (Å²) in [7, 11) is 0. The van der Waals surface area contributed by atoms with E-state index in [0.717, 1.165) is 32.1 Å². The summed E-state index contributed by atoms with van der Waals surface area (Å²) in [6.07, 6.45) is 7.03. The van der Waals surface area contributed by atoms with Crippen molar-refractivity contribution in [1.29, 1.82) is 0 Å². The molecule has 2 aromatic rings. The minimum absolute atomic E-state index is 0.0241. The molecular formula is C21H26O2. The van der Waals surface area contributed by atoms with Crippen molar-refractivity contribution in [2.24, 2.45) is 0 Å². The van der Waals surface area contributed by atoms with Crippen LogP contribution in [-0.2, 0) is 9.53 Å². The first-order valence-corrected chi connectivity index (χ1v) is 8.96. The van der Waals surface area contributed by atoms with Gasteiger partial charge in [0.2, 0.25) is 0 Å². The van der Waals surface area contributed by atoms with Gasteiger partial charge in [0, 0.05) is 12.3 Å². The minimum Gasteiger partial charge on any atom is -0.462 e. The highest BCUT2D eigenvalue weighted by Crippen LogP contribution is 2.38. The number of benzene rings is 2. The van der Waals surface area contributed by atoms with Gasteiger partial charge < -0.3 is 4.74 Å². The molecule has 2 aromatic carbocycles. The fourth-order valence-corrected chi connectivity index (χ4v) is 3.72. The Morgan fingerprint density at radius 3 is 2.74 bits per heavy atom. The highest BCUT2D eigenvalue weighted by Gasteiger charge is 2.30. The normalized spacial score (nSPS) is 21.3. The third-order valence-electron chi connectivity index (χ3n) is 4.94. The molecule has 0 aromatic heterocycles. The largest absolute Gasteiger partial charge is 0.462 e. The van der Waals surface area contributed by atoms with E-state index in [0.29, 0.717) is 12.3 Å². The molecule has 2 heteroatoms. The van der Waals surface area contributed by atoms with Crippen molar-refractivity contribution in [2.75, 3.05) is 0 Å². The third-order valence-corrected chi connectivity index (χ3v) is 4.94. The Morgan fingerprint density at radius 1 is 1.09 bits per heavy atom. The zero-order chi connectivity index (χ0) is 16.1. The van der Waals surface area contributed by atoms with Crippen molar-refractivity contribution in [2.45, 2.75) is 63.9 Å². The van der Waals surface area contributed by atoms with Crippen LogP contribution in [0, 0.1) is 0 Å². The van der Waals surface area contributed by atoms with Crippen LogP contribution in [0.3, 0.4) is 0 Å². The lowest BCUT2D eigenvalue weighted by Gasteiger charge is -2.32. The van der Waals surface area contributed by atoms with Crippen LogP contribution in [0.1, 0.15) is 63.4 Å². The SMILES string of the molecule is CCCCC(=O)O[C@@H]1CCCC[C@@H]1c1cccc2ccccc12. The van der Waals surface area contributed by atoms with Crippen molar-refractivity contribution in [1.82, 2.24) is 0 Å². The molecule has 23 heavy (non-hydrogen) atoms. The van der Waals surface area contributed by atoms with Crippen LogP contribution in [0.4, 0.5) is 0 Å². The standard InChI is InChI=1S/C21H26O2/c1-2-3-15-21(22)23-20-14-7-6-12-19(20)18-13-8-10-16-9-4-5-11-17(16)18/h4-5,8-11,13,19-20H,2-3,6-7,12,14-15H2,1H3/t19-,20-/m1/s1. The molecular weight excluding hydrogens is 284 g/mol. The van der Waals surface area contributed by atoms with Crippen molar-refractivity contribution in [3.63, 3.8) is 0 Å². The van der Waals surface area contributed by atoms with E-state index in [9.17, 15) is 4.79 Å². The Hall–Kier alpha value is -1.83. The van der Waals surface area contributed by atoms with Crippen molar-refractivity contribution in [3.05, 3.63) is 48.0 Å². The summed E-state index contributed by atoms with van der Waals surface area (Å²) in [5.74, 6) is 0.310. The van der Waals surface area contributed by atoms with E-state index in [2.05, 4.69) is 49.4 Å². The van der Waals surface area contributed by atoms with Gasteiger partial charge in [-0.2, -0.15) is 0 Å². The third kappa shape index (κ3) is 3.74. The molecule has 1 aliphatic rings. The first kappa shape index (κ1) is 16.0. The van der Waals surface area contributed by atoms with E-state index in [1.54, 1.807) is 0 Å². The van der Waals surface area contributed by atoms with E-state index >= 15 is 0 Å². The van der Waals surface area contributed by atoms with Crippen molar-refractivity contribution < 1.29 is 9.53 Å². The molecule has 0 bridgehead atoms. The van der Waals surface area contributed by atoms with E-state index in [-0.39, 0.29) is 12.1 Å². The second-order valence-electron chi connectivity index (χ2n) is 6.59. The van der Waals surface area contributed by atoms with Crippen molar-refractivity contribution in [3.8, 4) is 0 Å². The molecule has 0 unspecified atom stereocenters. The van der Waals surface area contributed by atoms with E-state index in [4.69, 9.17) is 4.74 Å². The number of ether oxygens (including phenoxy) is 1. The molecule has 0 saturated heterocycles. The van der Waals surface area contributed by atoms with Crippen LogP contribution in [0.2, 0.25) is 0 Å². The molecule has 2 nitrogen and oxygen atoms in total. The Morgan fingerprint density at radius 2 is 1.87 bits per heavy atom. The van der Waals surface area contributed by atoms with Crippen LogP contribution in [-0.4, -0.2) is 12.1 Å². The van der Waals surface area contributed by atoms with Crippen LogP contribution >= 0.6 is 0 Å². The van der Waals surface area contributed by atoms with Gasteiger partial charge in [-0.25, -0.2) is 0 Å². The van der Waals surface area contributed by atoms with E-state index < -0.39 is 0 Å². The number of carbonyl (C=O) groups excluding carboxylic acids is 1. The summed E-state index contributed by atoms with van der Waals surface area (Å²) >= 11 is 0. The van der Waals surface area contributed by atoms with Gasteiger partial charge in [-0.1, -0.05) is 62.2 Å². The molecule has 122 valence electrons. The molecule has 1 fully saturated rings. The van der Waals surface area contributed by atoms with Gasteiger partial charge in [0.1, 0.15) is 6.10 Å². The van der Waals surface area contributed by atoms with Gasteiger partial charge in [-0.3, -0.25) is 4.79 Å². The highest BCUT2D eigenvalue weighted by molar-refractivity contribution is 5.86. The van der Waals surface area contributed by atoms with E-state index in [1.807, 2.05) is 0 Å². The number of unbranched alkanes of at least 4 members (excludes halogenated alkanes) is 1. The molecule has 0 radical (unpaired) electrons. The fourth-order valence-electron chi connectivity index (χ4n) is 3.72. The Balaban J connectivity index is 1.84. The molecule has 1 aliphatic carbocycles. The van der Waals surface area contributed by atoms with Crippen LogP contribution < -0.4 is 0 Å². The predicted octanol–water partition coefficient (Wildman–Crippen LogP) is 5.60. The second kappa shape index (κ2) is 7.63. The number of fused-ring (bicyclic) bond motifs is 1. The summed E-state index contributed by atoms with van der Waals surface area (Å²) < 4.78 is 5.87. The Kier molecular flexibility index (Phi) is 5.32. The van der Waals surface area contributed by atoms with Crippen LogP contribution in [0.15, 0.2) is 42.5 Å². The number of rotatable bonds is 5. The van der Waals surface area contributed by atoms with Crippen LogP contribution in [0.5, 0.6) is 0 Å². The maximum atomic E-state index is 12.1. The van der Waals surface area contributed by atoms with Gasteiger partial charge in [0.05, 0.1) is 0 Å². The predicted molar refractivity (Wildman–Crippen MR) is 94.6 cm³/mol. The summed E-state index contributed by atoms with van der Waals surface area (Å²) in [6, 6.07) is 15.0. The van der Waals surface area contributed by atoms with Gasteiger partial charge in [-0.05, 0) is 42.0 Å². The zero-order valence-corrected chi connectivity index (χ0v) is 14.0. The number of hydrogen-bond donors (Lipinski definition) is 0. The topological polar surface area (TPSA) is 26.3 Å². The summed E-state index contributed by atoms with van der Waals surface area (Å²) in [6.45, 7) is 2.10. The fraction of sp³-hybridized carbons (Fsp3) is 0.476. The molecule has 3 rings (SSSR count). The molecule has 1 saturated carbocycles. The number of hydrogen-bond acceptors (Lipinski definition) is 2. The Bertz CT molecular complexity index is 656. The lowest BCUT2D eigenvalue weighted by molar-refractivity contribution is -0.151. The van der Waals surface area contributed by atoms with Gasteiger partial charge >= 0.3 is 5.97 Å². The smallest absolute Gasteiger partial charge is 0.306 e. The first-order valence-electron chi connectivity index (χ1n) is 8.96. The average molecular weight is 310 g/mol. The maximum absolute atomic E-state index is 12.1. The van der Waals surface area contributed by atoms with Gasteiger partial charge in [0.25, 0.3) is 0 Å². The van der Waals surface area contributed by atoms with Crippen molar-refractivity contribution >= 4 is 16.7 Å². The quantitative estimate of drug-likeness (QED) is 0.672. The minimum atomic E-state index is -0.0241. The number of carbonyl (C=O) groups is 1. The lowest BCUT2D eigenvalue weighted by Crippen LogP contribution is -2.28. The molecule has 2 atom stereocenters. The Labute approximate surface area is 138 Å². The second-order valence-corrected chi connectivity index (χ2v) is 6.59. The average Bonchev–Trinajstić information content (AvgIpc) is 2.60. The molecule has 0 N–H and O–H groups in total. The van der Waals surface area contributed by atoms with Gasteiger partial charge in [-0.15, -0.1) is 0 Å². The monoisotopic (exact) mass is 310 g/mol. The molecule has 0 amide bonds. The van der Waals surface area contributed by atoms with Gasteiger partial charge in [0.15, 0.2) is 0 Å². The maximum Gasteiger partial charge on any atom is 0.306 e. The highest BCUT2D eigenvalue weighted by atomic mass is 16.5.